The highest BCUT2D eigenvalue weighted by Crippen LogP contribution is 2.29. The van der Waals surface area contributed by atoms with Crippen molar-refractivity contribution < 1.29 is 18.7 Å². The van der Waals surface area contributed by atoms with Crippen molar-refractivity contribution in [2.45, 2.75) is 0 Å². The van der Waals surface area contributed by atoms with Crippen LogP contribution in [0.3, 0.4) is 0 Å². The van der Waals surface area contributed by atoms with Crippen LogP contribution in [-0.2, 0) is 0 Å². The van der Waals surface area contributed by atoms with Crippen molar-refractivity contribution in [1.82, 2.24) is 14.1 Å². The molecule has 11 heteroatoms. The van der Waals surface area contributed by atoms with Gasteiger partial charge in [-0.25, -0.2) is 0 Å². The summed E-state index contributed by atoms with van der Waals surface area (Å²) >= 11 is 6.36. The van der Waals surface area contributed by atoms with Gasteiger partial charge in [0.15, 0.2) is 10.9 Å². The zero-order chi connectivity index (χ0) is 24.4. The fraction of sp³-hybridized carbons (Fsp3) is 0.0417. The van der Waals surface area contributed by atoms with E-state index in [0.717, 1.165) is 22.6 Å². The van der Waals surface area contributed by atoms with Gasteiger partial charge in [0.25, 0.3) is 11.8 Å². The van der Waals surface area contributed by atoms with Gasteiger partial charge in [0.1, 0.15) is 22.4 Å². The van der Waals surface area contributed by atoms with E-state index in [4.69, 9.17) is 21.4 Å². The van der Waals surface area contributed by atoms with Crippen molar-refractivity contribution in [3.8, 4) is 5.75 Å². The number of para-hydroxylation sites is 1. The maximum Gasteiger partial charge on any atom is 0.291 e. The topological polar surface area (TPSA) is 118 Å². The molecule has 0 bridgehead atoms. The Labute approximate surface area is 208 Å². The van der Waals surface area contributed by atoms with Crippen molar-refractivity contribution in [3.05, 3.63) is 78.1 Å². The van der Waals surface area contributed by atoms with Gasteiger partial charge < -0.3 is 19.8 Å². The van der Waals surface area contributed by atoms with Crippen LogP contribution in [0.15, 0.2) is 71.1 Å². The summed E-state index contributed by atoms with van der Waals surface area (Å²) in [6.07, 6.45) is 0. The molecule has 0 radical (unpaired) electrons. The molecule has 35 heavy (non-hydrogen) atoms. The average Bonchev–Trinajstić information content (AvgIpc) is 3.51. The highest BCUT2D eigenvalue weighted by atomic mass is 32.1. The molecular weight excluding hydrogens is 486 g/mol. The standard InChI is InChI=1S/C24H17N5O4S2/c1-32-20-12-15(25-24(34)27-22(30)14-6-8-16-18(10-14)29-35-28-16)7-9-17(20)26-23(31)21-11-13-4-2-3-5-19(13)33-21/h2-12H,1H3,(H,26,31)(H2,25,27,30,34). The Balaban J connectivity index is 1.25. The van der Waals surface area contributed by atoms with Gasteiger partial charge >= 0.3 is 0 Å². The second kappa shape index (κ2) is 9.49. The number of carbonyl (C=O) groups excluding carboxylic acids is 2. The number of ether oxygens (including phenoxy) is 1. The van der Waals surface area contributed by atoms with E-state index in [1.165, 1.54) is 7.11 Å². The lowest BCUT2D eigenvalue weighted by atomic mass is 10.2. The van der Waals surface area contributed by atoms with Gasteiger partial charge in [0.2, 0.25) is 0 Å². The molecule has 0 aliphatic carbocycles. The molecule has 0 saturated carbocycles. The van der Waals surface area contributed by atoms with E-state index in [9.17, 15) is 9.59 Å². The summed E-state index contributed by atoms with van der Waals surface area (Å²) in [7, 11) is 1.49. The first kappa shape index (κ1) is 22.4. The van der Waals surface area contributed by atoms with Crippen molar-refractivity contribution in [2.24, 2.45) is 0 Å². The predicted octanol–water partition coefficient (Wildman–Crippen LogP) is 4.83. The van der Waals surface area contributed by atoms with E-state index in [-0.39, 0.29) is 16.8 Å². The molecule has 9 nitrogen and oxygen atoms in total. The molecule has 0 saturated heterocycles. The molecule has 2 heterocycles. The van der Waals surface area contributed by atoms with Crippen LogP contribution in [-0.4, -0.2) is 32.8 Å². The molecule has 174 valence electrons. The molecule has 2 aromatic heterocycles. The van der Waals surface area contributed by atoms with Crippen molar-refractivity contribution >= 4 is 74.3 Å². The normalized spacial score (nSPS) is 10.8. The molecular formula is C24H17N5O4S2. The number of fused-ring (bicyclic) bond motifs is 2. The minimum Gasteiger partial charge on any atom is -0.494 e. The number of rotatable bonds is 5. The van der Waals surface area contributed by atoms with E-state index >= 15 is 0 Å². The van der Waals surface area contributed by atoms with Crippen LogP contribution < -0.4 is 20.7 Å². The summed E-state index contributed by atoms with van der Waals surface area (Å²) in [5.41, 5.74) is 3.42. The van der Waals surface area contributed by atoms with E-state index in [1.807, 2.05) is 18.2 Å². The highest BCUT2D eigenvalue weighted by Gasteiger charge is 2.16. The third-order valence-corrected chi connectivity index (χ3v) is 5.86. The predicted molar refractivity (Wildman–Crippen MR) is 138 cm³/mol. The Hall–Kier alpha value is -4.35. The average molecular weight is 504 g/mol. The van der Waals surface area contributed by atoms with Gasteiger partial charge in [0, 0.05) is 22.7 Å². The summed E-state index contributed by atoms with van der Waals surface area (Å²) in [6, 6.07) is 19.1. The smallest absolute Gasteiger partial charge is 0.291 e. The second-order valence-electron chi connectivity index (χ2n) is 7.39. The number of hydrogen-bond donors (Lipinski definition) is 3. The summed E-state index contributed by atoms with van der Waals surface area (Å²) in [4.78, 5) is 25.2. The van der Waals surface area contributed by atoms with Crippen LogP contribution in [0, 0.1) is 0 Å². The van der Waals surface area contributed by atoms with Crippen LogP contribution >= 0.6 is 23.9 Å². The van der Waals surface area contributed by atoms with E-state index in [2.05, 4.69) is 24.7 Å². The number of carbonyl (C=O) groups is 2. The quantitative estimate of drug-likeness (QED) is 0.292. The van der Waals surface area contributed by atoms with Crippen LogP contribution in [0.2, 0.25) is 0 Å². The number of nitrogens with one attached hydrogen (secondary N) is 3. The van der Waals surface area contributed by atoms with E-state index < -0.39 is 5.91 Å². The minimum atomic E-state index is -0.407. The first-order chi connectivity index (χ1) is 17.0. The number of aromatic nitrogens is 2. The molecule has 0 aliphatic rings. The van der Waals surface area contributed by atoms with Gasteiger partial charge in [-0.05, 0) is 54.7 Å². The zero-order valence-corrected chi connectivity index (χ0v) is 19.8. The van der Waals surface area contributed by atoms with Gasteiger partial charge in [-0.1, -0.05) is 18.2 Å². The minimum absolute atomic E-state index is 0.104. The summed E-state index contributed by atoms with van der Waals surface area (Å²) in [6.45, 7) is 0. The Morgan fingerprint density at radius 1 is 0.943 bits per heavy atom. The summed E-state index contributed by atoms with van der Waals surface area (Å²) in [5.74, 6) is -0.199. The Kier molecular flexibility index (Phi) is 6.08. The van der Waals surface area contributed by atoms with Gasteiger partial charge in [-0.2, -0.15) is 8.75 Å². The number of methoxy groups -OCH3 is 1. The number of thiocarbonyl (C=S) groups is 1. The van der Waals surface area contributed by atoms with E-state index in [0.29, 0.717) is 33.8 Å². The molecule has 0 aliphatic heterocycles. The fourth-order valence-corrected chi connectivity index (χ4v) is 4.14. The molecule has 0 fully saturated rings. The van der Waals surface area contributed by atoms with Crippen LogP contribution in [0.5, 0.6) is 5.75 Å². The lowest BCUT2D eigenvalue weighted by Crippen LogP contribution is -2.34. The highest BCUT2D eigenvalue weighted by molar-refractivity contribution is 7.80. The fourth-order valence-electron chi connectivity index (χ4n) is 3.41. The maximum absolute atomic E-state index is 12.7. The van der Waals surface area contributed by atoms with Crippen LogP contribution in [0.25, 0.3) is 22.0 Å². The molecule has 0 atom stereocenters. The van der Waals surface area contributed by atoms with Gasteiger partial charge in [-0.3, -0.25) is 14.9 Å². The molecule has 0 unspecified atom stereocenters. The largest absolute Gasteiger partial charge is 0.494 e. The maximum atomic E-state index is 12.7. The molecule has 5 rings (SSSR count). The number of amides is 2. The molecule has 5 aromatic rings. The first-order valence-electron chi connectivity index (χ1n) is 10.3. The Bertz CT molecular complexity index is 1560. The molecule has 2 amide bonds. The first-order valence-corrected chi connectivity index (χ1v) is 11.5. The summed E-state index contributed by atoms with van der Waals surface area (Å²) in [5, 5.41) is 9.30. The number of hydrogen-bond acceptors (Lipinski definition) is 8. The van der Waals surface area contributed by atoms with Crippen LogP contribution in [0.4, 0.5) is 11.4 Å². The Morgan fingerprint density at radius 3 is 2.60 bits per heavy atom. The van der Waals surface area contributed by atoms with Crippen LogP contribution in [0.1, 0.15) is 20.9 Å². The number of nitrogens with zero attached hydrogens (tertiary/aromatic N) is 2. The van der Waals surface area contributed by atoms with Crippen molar-refractivity contribution in [3.63, 3.8) is 0 Å². The lowest BCUT2D eigenvalue weighted by Gasteiger charge is -2.13. The van der Waals surface area contributed by atoms with Crippen molar-refractivity contribution in [2.75, 3.05) is 17.7 Å². The van der Waals surface area contributed by atoms with Crippen molar-refractivity contribution in [1.29, 1.82) is 0 Å². The third-order valence-electron chi connectivity index (χ3n) is 5.10. The molecule has 3 aromatic carbocycles. The number of benzene rings is 3. The zero-order valence-electron chi connectivity index (χ0n) is 18.2. The monoisotopic (exact) mass is 503 g/mol. The Morgan fingerprint density at radius 2 is 1.77 bits per heavy atom. The van der Waals surface area contributed by atoms with Gasteiger partial charge in [-0.15, -0.1) is 0 Å². The molecule has 0 spiro atoms. The molecule has 3 N–H and O–H groups in total. The SMILES string of the molecule is COc1cc(NC(=S)NC(=O)c2ccc3nsnc3c2)ccc1NC(=O)c1cc2ccccc2o1. The van der Waals surface area contributed by atoms with Gasteiger partial charge in [0.05, 0.1) is 24.5 Å². The second-order valence-corrected chi connectivity index (χ2v) is 8.33. The third kappa shape index (κ3) is 4.81. The van der Waals surface area contributed by atoms with E-state index in [1.54, 1.807) is 48.5 Å². The lowest BCUT2D eigenvalue weighted by molar-refractivity contribution is 0.0975. The summed E-state index contributed by atoms with van der Waals surface area (Å²) < 4.78 is 19.3. The number of furan rings is 1. The number of anilines is 2.